The van der Waals surface area contributed by atoms with Gasteiger partial charge in [0, 0.05) is 94.6 Å². The Hall–Kier alpha value is -1.31. The summed E-state index contributed by atoms with van der Waals surface area (Å²) < 4.78 is 45.5. The molecule has 0 aliphatic carbocycles. The van der Waals surface area contributed by atoms with E-state index in [-0.39, 0.29) is 13.2 Å². The minimum atomic E-state index is -2.76. The fourth-order valence-electron chi connectivity index (χ4n) is 3.84. The van der Waals surface area contributed by atoms with Gasteiger partial charge in [0.1, 0.15) is 6.10 Å². The largest absolute Gasteiger partial charge is 0.500 e. The van der Waals surface area contributed by atoms with Crippen LogP contribution in [0.15, 0.2) is 4.99 Å². The van der Waals surface area contributed by atoms with E-state index in [0.717, 1.165) is 5.96 Å². The summed E-state index contributed by atoms with van der Waals surface area (Å²) in [6, 6.07) is 1.21. The van der Waals surface area contributed by atoms with Crippen LogP contribution >= 0.6 is 0 Å². The van der Waals surface area contributed by atoms with Gasteiger partial charge in [-0.3, -0.25) is 0 Å². The Balaban J connectivity index is 5.02. The number of ether oxygens (including phenoxy) is 2. The van der Waals surface area contributed by atoms with Gasteiger partial charge in [-0.2, -0.15) is 0 Å². The highest BCUT2D eigenvalue weighted by Crippen LogP contribution is 2.18. The summed E-state index contributed by atoms with van der Waals surface area (Å²) in [7, 11) is 6.97. The molecule has 0 aliphatic heterocycles. The van der Waals surface area contributed by atoms with Crippen molar-refractivity contribution in [1.29, 1.82) is 0 Å². The molecule has 1 atom stereocenters. The monoisotopic (exact) mass is 598 g/mol. The molecule has 0 aromatic heterocycles. The zero-order valence-electron chi connectivity index (χ0n) is 25.9. The second kappa shape index (κ2) is 21.4. The van der Waals surface area contributed by atoms with Gasteiger partial charge in [0.25, 0.3) is 0 Å². The standard InChI is InChI=1S/C24H54N4O9Si2/c1-11-34-39(35-12-2,36-13-3)18-14-16-25-24(29)37-22(20-26-23(27(4)5)28(6)7)21-33-17-15-19-38(30-8,31-9)32-10/h22H,11-21H2,1-10H3,(H,25,29). The second-order valence-electron chi connectivity index (χ2n) is 8.94. The number of carbonyl (C=O) groups is 1. The highest BCUT2D eigenvalue weighted by Gasteiger charge is 2.39. The van der Waals surface area contributed by atoms with Gasteiger partial charge < -0.3 is 51.1 Å². The molecule has 0 spiro atoms. The average Bonchev–Trinajstić information content (AvgIpc) is 2.89. The summed E-state index contributed by atoms with van der Waals surface area (Å²) in [5, 5.41) is 2.82. The van der Waals surface area contributed by atoms with Crippen molar-refractivity contribution in [2.45, 2.75) is 51.8 Å². The van der Waals surface area contributed by atoms with Crippen molar-refractivity contribution in [3.05, 3.63) is 0 Å². The van der Waals surface area contributed by atoms with Crippen LogP contribution in [0.1, 0.15) is 33.6 Å². The van der Waals surface area contributed by atoms with Crippen LogP contribution in [-0.2, 0) is 36.0 Å². The van der Waals surface area contributed by atoms with Crippen LogP contribution in [0.5, 0.6) is 0 Å². The highest BCUT2D eigenvalue weighted by molar-refractivity contribution is 6.61. The molecule has 15 heteroatoms. The average molecular weight is 599 g/mol. The van der Waals surface area contributed by atoms with Gasteiger partial charge in [0.2, 0.25) is 0 Å². The Kier molecular flexibility index (Phi) is 20.7. The second-order valence-corrected chi connectivity index (χ2v) is 14.8. The number of hydrogen-bond acceptors (Lipinski definition) is 10. The minimum absolute atomic E-state index is 0.196. The molecule has 0 rings (SSSR count). The molecule has 0 fully saturated rings. The molecule has 1 amide bonds. The van der Waals surface area contributed by atoms with Gasteiger partial charge in [-0.1, -0.05) is 0 Å². The number of nitrogens with one attached hydrogen (secondary N) is 1. The van der Waals surface area contributed by atoms with Crippen molar-refractivity contribution < 1.29 is 40.8 Å². The Labute approximate surface area is 238 Å². The molecule has 0 saturated carbocycles. The lowest BCUT2D eigenvalue weighted by atomic mass is 10.4. The lowest BCUT2D eigenvalue weighted by Gasteiger charge is -2.28. The molecule has 13 nitrogen and oxygen atoms in total. The molecule has 0 aromatic rings. The molecule has 0 radical (unpaired) electrons. The van der Waals surface area contributed by atoms with Crippen LogP contribution in [0.4, 0.5) is 4.79 Å². The number of carbonyl (C=O) groups excluding carboxylic acids is 1. The summed E-state index contributed by atoms with van der Waals surface area (Å²) in [5.41, 5.74) is 0. The van der Waals surface area contributed by atoms with Crippen molar-refractivity contribution in [3.8, 4) is 0 Å². The fourth-order valence-corrected chi connectivity index (χ4v) is 8.14. The van der Waals surface area contributed by atoms with E-state index < -0.39 is 29.8 Å². The zero-order chi connectivity index (χ0) is 29.7. The van der Waals surface area contributed by atoms with Crippen LogP contribution in [-0.4, -0.2) is 141 Å². The summed E-state index contributed by atoms with van der Waals surface area (Å²) in [6.45, 7) is 8.57. The SMILES string of the molecule is CCO[Si](CCCNC(=O)OC(CN=C(N(C)C)N(C)C)COCCC[Si](OC)(OC)OC)(OCC)OCC. The van der Waals surface area contributed by atoms with Crippen LogP contribution in [0.2, 0.25) is 12.1 Å². The van der Waals surface area contributed by atoms with E-state index in [1.54, 1.807) is 21.3 Å². The predicted octanol–water partition coefficient (Wildman–Crippen LogP) is 2.28. The number of alkyl carbamates (subject to hydrolysis) is 1. The summed E-state index contributed by atoms with van der Waals surface area (Å²) in [5.74, 6) is 0.754. The van der Waals surface area contributed by atoms with E-state index in [4.69, 9.17) is 36.0 Å². The first-order valence-corrected chi connectivity index (χ1v) is 17.4. The molecule has 0 saturated heterocycles. The van der Waals surface area contributed by atoms with Crippen LogP contribution in [0, 0.1) is 0 Å². The molecule has 0 aromatic carbocycles. The predicted molar refractivity (Wildman–Crippen MR) is 155 cm³/mol. The Bertz CT molecular complexity index is 636. The fraction of sp³-hybridized carbons (Fsp3) is 0.917. The lowest BCUT2D eigenvalue weighted by Crippen LogP contribution is -2.46. The van der Waals surface area contributed by atoms with Gasteiger partial charge >= 0.3 is 23.7 Å². The summed E-state index contributed by atoms with van der Waals surface area (Å²) in [6.07, 6.45) is 0.209. The molecule has 1 unspecified atom stereocenters. The first kappa shape index (κ1) is 37.7. The van der Waals surface area contributed by atoms with E-state index in [9.17, 15) is 4.79 Å². The molecular weight excluding hydrogens is 544 g/mol. The quantitative estimate of drug-likeness (QED) is 0.0855. The van der Waals surface area contributed by atoms with Gasteiger partial charge in [-0.15, -0.1) is 0 Å². The van der Waals surface area contributed by atoms with Crippen molar-refractivity contribution in [2.24, 2.45) is 4.99 Å². The van der Waals surface area contributed by atoms with Crippen LogP contribution in [0.3, 0.4) is 0 Å². The van der Waals surface area contributed by atoms with Crippen molar-refractivity contribution in [3.63, 3.8) is 0 Å². The maximum absolute atomic E-state index is 12.6. The molecule has 0 aliphatic rings. The number of hydrogen-bond donors (Lipinski definition) is 1. The number of aliphatic imine (C=N–C) groups is 1. The first-order chi connectivity index (χ1) is 18.6. The van der Waals surface area contributed by atoms with Gasteiger partial charge in [-0.25, -0.2) is 9.79 Å². The minimum Gasteiger partial charge on any atom is -0.442 e. The lowest BCUT2D eigenvalue weighted by molar-refractivity contribution is 0.0228. The van der Waals surface area contributed by atoms with E-state index >= 15 is 0 Å². The molecule has 39 heavy (non-hydrogen) atoms. The van der Waals surface area contributed by atoms with E-state index in [1.165, 1.54) is 0 Å². The topological polar surface area (TPSA) is 122 Å². The molecule has 1 N–H and O–H groups in total. The first-order valence-electron chi connectivity index (χ1n) is 13.6. The van der Waals surface area contributed by atoms with Crippen molar-refractivity contribution in [1.82, 2.24) is 15.1 Å². The van der Waals surface area contributed by atoms with E-state index in [1.807, 2.05) is 58.8 Å². The third-order valence-corrected chi connectivity index (χ3v) is 11.5. The molecule has 0 bridgehead atoms. The third kappa shape index (κ3) is 15.3. The Morgan fingerprint density at radius 2 is 1.33 bits per heavy atom. The van der Waals surface area contributed by atoms with E-state index in [2.05, 4.69) is 10.3 Å². The Morgan fingerprint density at radius 1 is 0.821 bits per heavy atom. The maximum atomic E-state index is 12.6. The van der Waals surface area contributed by atoms with Crippen molar-refractivity contribution >= 4 is 29.7 Å². The van der Waals surface area contributed by atoms with Crippen molar-refractivity contribution in [2.75, 3.05) is 95.6 Å². The zero-order valence-corrected chi connectivity index (χ0v) is 27.9. The van der Waals surface area contributed by atoms with Crippen LogP contribution in [0.25, 0.3) is 0 Å². The maximum Gasteiger partial charge on any atom is 0.500 e. The van der Waals surface area contributed by atoms with E-state index in [0.29, 0.717) is 57.9 Å². The Morgan fingerprint density at radius 3 is 1.79 bits per heavy atom. The van der Waals surface area contributed by atoms with Gasteiger partial charge in [0.15, 0.2) is 5.96 Å². The van der Waals surface area contributed by atoms with Crippen LogP contribution < -0.4 is 5.32 Å². The number of nitrogens with zero attached hydrogens (tertiary/aromatic N) is 3. The molecule has 0 heterocycles. The van der Waals surface area contributed by atoms with Gasteiger partial charge in [0.05, 0.1) is 13.2 Å². The third-order valence-electron chi connectivity index (χ3n) is 5.54. The molecular formula is C24H54N4O9Si2. The number of rotatable bonds is 22. The number of amides is 1. The molecule has 232 valence electrons. The smallest absolute Gasteiger partial charge is 0.442 e. The normalized spacial score (nSPS) is 12.7. The summed E-state index contributed by atoms with van der Waals surface area (Å²) in [4.78, 5) is 21.0. The number of guanidine groups is 1. The van der Waals surface area contributed by atoms with Gasteiger partial charge in [-0.05, 0) is 33.6 Å². The highest BCUT2D eigenvalue weighted by atomic mass is 28.4. The summed E-state index contributed by atoms with van der Waals surface area (Å²) >= 11 is 0.